The SMILES string of the molecule is CCOC(=O)C(C)C1(O)CCN(CCc2ccc(F)cc2)CC1. The minimum Gasteiger partial charge on any atom is -0.466 e. The zero-order valence-electron chi connectivity index (χ0n) is 13.9. The van der Waals surface area contributed by atoms with Gasteiger partial charge in [-0.2, -0.15) is 0 Å². The summed E-state index contributed by atoms with van der Waals surface area (Å²) in [5.41, 5.74) is 0.130. The second kappa shape index (κ2) is 7.88. The number of esters is 1. The third kappa shape index (κ3) is 4.75. The first kappa shape index (κ1) is 17.9. The molecule has 1 aromatic rings. The topological polar surface area (TPSA) is 49.8 Å². The summed E-state index contributed by atoms with van der Waals surface area (Å²) in [5.74, 6) is -1.04. The highest BCUT2D eigenvalue weighted by molar-refractivity contribution is 5.73. The van der Waals surface area contributed by atoms with Crippen LogP contribution in [0.25, 0.3) is 0 Å². The van der Waals surface area contributed by atoms with Gasteiger partial charge in [0.15, 0.2) is 0 Å². The summed E-state index contributed by atoms with van der Waals surface area (Å²) in [4.78, 5) is 14.1. The Morgan fingerprint density at radius 3 is 2.52 bits per heavy atom. The number of halogens is 1. The van der Waals surface area contributed by atoms with Crippen LogP contribution in [0.15, 0.2) is 24.3 Å². The number of rotatable bonds is 6. The van der Waals surface area contributed by atoms with Crippen LogP contribution in [0.5, 0.6) is 0 Å². The summed E-state index contributed by atoms with van der Waals surface area (Å²) >= 11 is 0. The van der Waals surface area contributed by atoms with Crippen molar-refractivity contribution in [3.8, 4) is 0 Å². The van der Waals surface area contributed by atoms with Crippen molar-refractivity contribution in [3.05, 3.63) is 35.6 Å². The van der Waals surface area contributed by atoms with Gasteiger partial charge in [0.1, 0.15) is 5.82 Å². The molecule has 1 unspecified atom stereocenters. The summed E-state index contributed by atoms with van der Waals surface area (Å²) in [6, 6.07) is 6.56. The highest BCUT2D eigenvalue weighted by Crippen LogP contribution is 2.30. The number of benzene rings is 1. The molecule has 1 aromatic carbocycles. The van der Waals surface area contributed by atoms with E-state index in [9.17, 15) is 14.3 Å². The summed E-state index contributed by atoms with van der Waals surface area (Å²) in [5, 5.41) is 10.7. The molecule has 4 nitrogen and oxygen atoms in total. The Hall–Kier alpha value is -1.46. The van der Waals surface area contributed by atoms with Crippen molar-refractivity contribution in [1.29, 1.82) is 0 Å². The molecule has 23 heavy (non-hydrogen) atoms. The number of hydrogen-bond donors (Lipinski definition) is 1. The molecule has 1 aliphatic heterocycles. The van der Waals surface area contributed by atoms with E-state index in [1.807, 2.05) is 0 Å². The van der Waals surface area contributed by atoms with E-state index in [4.69, 9.17) is 4.74 Å². The van der Waals surface area contributed by atoms with E-state index in [0.29, 0.717) is 19.4 Å². The zero-order chi connectivity index (χ0) is 16.9. The van der Waals surface area contributed by atoms with E-state index >= 15 is 0 Å². The van der Waals surface area contributed by atoms with Gasteiger partial charge in [-0.1, -0.05) is 12.1 Å². The number of aliphatic hydroxyl groups is 1. The molecule has 0 spiro atoms. The molecular weight excluding hydrogens is 297 g/mol. The first-order valence-electron chi connectivity index (χ1n) is 8.30. The molecule has 5 heteroatoms. The Labute approximate surface area is 137 Å². The van der Waals surface area contributed by atoms with E-state index in [1.165, 1.54) is 12.1 Å². The van der Waals surface area contributed by atoms with E-state index < -0.39 is 11.5 Å². The number of likely N-dealkylation sites (tertiary alicyclic amines) is 1. The number of piperidine rings is 1. The highest BCUT2D eigenvalue weighted by atomic mass is 19.1. The van der Waals surface area contributed by atoms with Crippen LogP contribution in [0.4, 0.5) is 4.39 Å². The average molecular weight is 323 g/mol. The molecule has 0 amide bonds. The number of nitrogens with zero attached hydrogens (tertiary/aromatic N) is 1. The number of carbonyl (C=O) groups is 1. The van der Waals surface area contributed by atoms with Crippen LogP contribution in [0.1, 0.15) is 32.3 Å². The lowest BCUT2D eigenvalue weighted by atomic mass is 9.80. The Kier molecular flexibility index (Phi) is 6.13. The maximum atomic E-state index is 12.9. The zero-order valence-corrected chi connectivity index (χ0v) is 13.9. The third-order valence-corrected chi connectivity index (χ3v) is 4.80. The molecule has 0 bridgehead atoms. The Morgan fingerprint density at radius 2 is 1.96 bits per heavy atom. The number of carbonyl (C=O) groups excluding carboxylic acids is 1. The standard InChI is InChI=1S/C18H26FNO3/c1-3-23-17(21)14(2)18(22)9-12-20(13-10-18)11-8-15-4-6-16(19)7-5-15/h4-7,14,22H,3,8-13H2,1-2H3. The molecule has 1 fully saturated rings. The van der Waals surface area contributed by atoms with E-state index in [1.54, 1.807) is 26.0 Å². The van der Waals surface area contributed by atoms with Gasteiger partial charge in [0.05, 0.1) is 18.1 Å². The molecule has 128 valence electrons. The van der Waals surface area contributed by atoms with Gasteiger partial charge in [-0.15, -0.1) is 0 Å². The van der Waals surface area contributed by atoms with E-state index in [0.717, 1.165) is 31.6 Å². The lowest BCUT2D eigenvalue weighted by Gasteiger charge is -2.40. The van der Waals surface area contributed by atoms with Crippen molar-refractivity contribution in [2.45, 2.75) is 38.7 Å². The van der Waals surface area contributed by atoms with Gasteiger partial charge in [-0.3, -0.25) is 4.79 Å². The van der Waals surface area contributed by atoms with Crippen LogP contribution in [0.2, 0.25) is 0 Å². The molecule has 0 aliphatic carbocycles. The monoisotopic (exact) mass is 323 g/mol. The average Bonchev–Trinajstić information content (AvgIpc) is 2.55. The molecule has 1 saturated heterocycles. The normalized spacial score (nSPS) is 19.3. The largest absolute Gasteiger partial charge is 0.466 e. The molecule has 1 heterocycles. The van der Waals surface area contributed by atoms with E-state index in [2.05, 4.69) is 4.90 Å². The predicted octanol–water partition coefficient (Wildman–Crippen LogP) is 2.39. The Balaban J connectivity index is 1.81. The molecule has 0 radical (unpaired) electrons. The fourth-order valence-electron chi connectivity index (χ4n) is 3.02. The summed E-state index contributed by atoms with van der Waals surface area (Å²) in [6.07, 6.45) is 1.99. The van der Waals surface area contributed by atoms with Gasteiger partial charge in [0.2, 0.25) is 0 Å². The van der Waals surface area contributed by atoms with Crippen molar-refractivity contribution in [1.82, 2.24) is 4.90 Å². The molecule has 1 aliphatic rings. The van der Waals surface area contributed by atoms with Crippen LogP contribution in [-0.2, 0) is 16.0 Å². The number of ether oxygens (including phenoxy) is 1. The first-order valence-corrected chi connectivity index (χ1v) is 8.30. The van der Waals surface area contributed by atoms with Gasteiger partial charge < -0.3 is 14.7 Å². The van der Waals surface area contributed by atoms with Crippen molar-refractivity contribution >= 4 is 5.97 Å². The third-order valence-electron chi connectivity index (χ3n) is 4.80. The quantitative estimate of drug-likeness (QED) is 0.817. The second-order valence-electron chi connectivity index (χ2n) is 6.30. The smallest absolute Gasteiger partial charge is 0.311 e. The summed E-state index contributed by atoms with van der Waals surface area (Å²) in [7, 11) is 0. The lowest BCUT2D eigenvalue weighted by Crippen LogP contribution is -2.50. The summed E-state index contributed by atoms with van der Waals surface area (Å²) in [6.45, 7) is 6.22. The Morgan fingerprint density at radius 1 is 1.35 bits per heavy atom. The minimum atomic E-state index is -0.974. The molecule has 0 saturated carbocycles. The maximum Gasteiger partial charge on any atom is 0.311 e. The van der Waals surface area contributed by atoms with Crippen LogP contribution in [0.3, 0.4) is 0 Å². The molecule has 1 atom stereocenters. The molecule has 0 aromatic heterocycles. The van der Waals surface area contributed by atoms with Crippen molar-refractivity contribution < 1.29 is 19.0 Å². The van der Waals surface area contributed by atoms with Crippen molar-refractivity contribution in [3.63, 3.8) is 0 Å². The van der Waals surface area contributed by atoms with Crippen molar-refractivity contribution in [2.24, 2.45) is 5.92 Å². The first-order chi connectivity index (χ1) is 10.9. The maximum absolute atomic E-state index is 12.9. The van der Waals surface area contributed by atoms with Gasteiger partial charge >= 0.3 is 5.97 Å². The predicted molar refractivity (Wildman–Crippen MR) is 86.5 cm³/mol. The van der Waals surface area contributed by atoms with Crippen LogP contribution < -0.4 is 0 Å². The van der Waals surface area contributed by atoms with Gasteiger partial charge in [-0.25, -0.2) is 4.39 Å². The lowest BCUT2D eigenvalue weighted by molar-refractivity contribution is -0.160. The van der Waals surface area contributed by atoms with Crippen LogP contribution in [-0.4, -0.2) is 47.8 Å². The molecule has 2 rings (SSSR count). The Bertz CT molecular complexity index is 510. The fraction of sp³-hybridized carbons (Fsp3) is 0.611. The molecule has 1 N–H and O–H groups in total. The second-order valence-corrected chi connectivity index (χ2v) is 6.30. The van der Waals surface area contributed by atoms with E-state index in [-0.39, 0.29) is 11.8 Å². The van der Waals surface area contributed by atoms with Gasteiger partial charge in [0.25, 0.3) is 0 Å². The summed E-state index contributed by atoms with van der Waals surface area (Å²) < 4.78 is 17.9. The van der Waals surface area contributed by atoms with Crippen LogP contribution >= 0.6 is 0 Å². The fourth-order valence-corrected chi connectivity index (χ4v) is 3.02. The van der Waals surface area contributed by atoms with Gasteiger partial charge in [-0.05, 0) is 50.8 Å². The highest BCUT2D eigenvalue weighted by Gasteiger charge is 2.41. The van der Waals surface area contributed by atoms with Gasteiger partial charge in [0, 0.05) is 19.6 Å². The van der Waals surface area contributed by atoms with Crippen molar-refractivity contribution in [2.75, 3.05) is 26.2 Å². The molecular formula is C18H26FNO3. The minimum absolute atomic E-state index is 0.218. The van der Waals surface area contributed by atoms with Crippen LogP contribution in [0, 0.1) is 11.7 Å². The number of hydrogen-bond acceptors (Lipinski definition) is 4.